The minimum absolute atomic E-state index is 0.122. The Balaban J connectivity index is 2.58. The fraction of sp³-hybridized carbons (Fsp3) is 0.0833. The van der Waals surface area contributed by atoms with E-state index in [1.807, 2.05) is 19.1 Å². The molecule has 16 heavy (non-hydrogen) atoms. The standard InChI is InChI=1S/C12H11ClN2O/c1-7-4-9(6-12(16)15-7)8-2-3-11(14)10(13)5-8/h2-6H,14H2,1H3,(H,15,16). The van der Waals surface area contributed by atoms with Crippen LogP contribution in [0.1, 0.15) is 5.69 Å². The molecule has 0 fully saturated rings. The Kier molecular flexibility index (Phi) is 2.71. The predicted molar refractivity (Wildman–Crippen MR) is 66.7 cm³/mol. The predicted octanol–water partition coefficient (Wildman–Crippen LogP) is 2.59. The van der Waals surface area contributed by atoms with Crippen LogP contribution in [0.2, 0.25) is 5.02 Å². The van der Waals surface area contributed by atoms with Gasteiger partial charge >= 0.3 is 0 Å². The van der Waals surface area contributed by atoms with Gasteiger partial charge in [-0.05, 0) is 36.2 Å². The van der Waals surface area contributed by atoms with E-state index in [1.54, 1.807) is 12.1 Å². The highest BCUT2D eigenvalue weighted by Gasteiger charge is 2.02. The van der Waals surface area contributed by atoms with E-state index in [4.69, 9.17) is 17.3 Å². The van der Waals surface area contributed by atoms with Gasteiger partial charge in [-0.1, -0.05) is 17.7 Å². The van der Waals surface area contributed by atoms with Gasteiger partial charge < -0.3 is 10.7 Å². The van der Waals surface area contributed by atoms with Crippen molar-refractivity contribution in [2.24, 2.45) is 0 Å². The molecule has 0 amide bonds. The quantitative estimate of drug-likeness (QED) is 0.745. The summed E-state index contributed by atoms with van der Waals surface area (Å²) in [5.74, 6) is 0. The number of hydrogen-bond donors (Lipinski definition) is 2. The van der Waals surface area contributed by atoms with E-state index in [9.17, 15) is 4.79 Å². The van der Waals surface area contributed by atoms with Crippen molar-refractivity contribution < 1.29 is 0 Å². The molecule has 2 rings (SSSR count). The Morgan fingerprint density at radius 3 is 2.56 bits per heavy atom. The molecule has 0 aliphatic rings. The van der Waals surface area contributed by atoms with Gasteiger partial charge in [0.05, 0.1) is 10.7 Å². The topological polar surface area (TPSA) is 58.9 Å². The van der Waals surface area contributed by atoms with E-state index in [2.05, 4.69) is 4.98 Å². The third-order valence-electron chi connectivity index (χ3n) is 2.31. The number of halogens is 1. The average molecular weight is 235 g/mol. The van der Waals surface area contributed by atoms with Crippen LogP contribution >= 0.6 is 11.6 Å². The summed E-state index contributed by atoms with van der Waals surface area (Å²) in [7, 11) is 0. The number of aromatic nitrogens is 1. The monoisotopic (exact) mass is 234 g/mol. The molecule has 3 nitrogen and oxygen atoms in total. The molecular formula is C12H11ClN2O. The summed E-state index contributed by atoms with van der Waals surface area (Å²) in [4.78, 5) is 14.0. The first-order chi connectivity index (χ1) is 7.56. The van der Waals surface area contributed by atoms with Crippen molar-refractivity contribution in [3.8, 4) is 11.1 Å². The largest absolute Gasteiger partial charge is 0.398 e. The maximum atomic E-state index is 11.3. The van der Waals surface area contributed by atoms with Crippen molar-refractivity contribution in [3.05, 3.63) is 51.4 Å². The highest BCUT2D eigenvalue weighted by atomic mass is 35.5. The van der Waals surface area contributed by atoms with Crippen LogP contribution in [0, 0.1) is 6.92 Å². The summed E-state index contributed by atoms with van der Waals surface area (Å²) in [6, 6.07) is 8.76. The SMILES string of the molecule is Cc1cc(-c2ccc(N)c(Cl)c2)cc(=O)[nH]1. The fourth-order valence-corrected chi connectivity index (χ4v) is 1.74. The molecule has 0 spiro atoms. The van der Waals surface area contributed by atoms with Gasteiger partial charge in [-0.25, -0.2) is 0 Å². The van der Waals surface area contributed by atoms with Gasteiger partial charge in [0.15, 0.2) is 0 Å². The lowest BCUT2D eigenvalue weighted by Crippen LogP contribution is -2.05. The highest BCUT2D eigenvalue weighted by Crippen LogP contribution is 2.26. The number of nitrogens with one attached hydrogen (secondary N) is 1. The summed E-state index contributed by atoms with van der Waals surface area (Å²) in [5, 5.41) is 0.496. The zero-order valence-electron chi connectivity index (χ0n) is 8.75. The third kappa shape index (κ3) is 2.09. The van der Waals surface area contributed by atoms with E-state index < -0.39 is 0 Å². The summed E-state index contributed by atoms with van der Waals surface area (Å²) >= 11 is 5.93. The molecule has 0 saturated carbocycles. The minimum atomic E-state index is -0.122. The first-order valence-corrected chi connectivity index (χ1v) is 5.20. The molecular weight excluding hydrogens is 224 g/mol. The maximum absolute atomic E-state index is 11.3. The molecule has 3 N–H and O–H groups in total. The van der Waals surface area contributed by atoms with Crippen molar-refractivity contribution in [2.45, 2.75) is 6.92 Å². The molecule has 0 aliphatic heterocycles. The lowest BCUT2D eigenvalue weighted by molar-refractivity contribution is 1.14. The maximum Gasteiger partial charge on any atom is 0.248 e. The zero-order valence-corrected chi connectivity index (χ0v) is 9.51. The fourth-order valence-electron chi connectivity index (χ4n) is 1.56. The van der Waals surface area contributed by atoms with Crippen molar-refractivity contribution >= 4 is 17.3 Å². The first kappa shape index (κ1) is 10.8. The Hall–Kier alpha value is -1.74. The smallest absolute Gasteiger partial charge is 0.248 e. The highest BCUT2D eigenvalue weighted by molar-refractivity contribution is 6.33. The molecule has 0 atom stereocenters. The number of aromatic amines is 1. The number of rotatable bonds is 1. The third-order valence-corrected chi connectivity index (χ3v) is 2.64. The first-order valence-electron chi connectivity index (χ1n) is 4.82. The van der Waals surface area contributed by atoms with E-state index in [0.717, 1.165) is 16.8 Å². The molecule has 0 aliphatic carbocycles. The van der Waals surface area contributed by atoms with Crippen molar-refractivity contribution in [1.29, 1.82) is 0 Å². The normalized spacial score (nSPS) is 10.4. The van der Waals surface area contributed by atoms with Gasteiger partial charge in [-0.3, -0.25) is 4.79 Å². The number of nitrogens with two attached hydrogens (primary N) is 1. The number of hydrogen-bond acceptors (Lipinski definition) is 2. The Morgan fingerprint density at radius 1 is 1.19 bits per heavy atom. The lowest BCUT2D eigenvalue weighted by atomic mass is 10.1. The lowest BCUT2D eigenvalue weighted by Gasteiger charge is -2.04. The summed E-state index contributed by atoms with van der Waals surface area (Å²) in [6.45, 7) is 1.84. The number of pyridine rings is 1. The molecule has 4 heteroatoms. The minimum Gasteiger partial charge on any atom is -0.398 e. The van der Waals surface area contributed by atoms with Crippen molar-refractivity contribution in [1.82, 2.24) is 4.98 Å². The van der Waals surface area contributed by atoms with E-state index in [-0.39, 0.29) is 5.56 Å². The summed E-state index contributed by atoms with van der Waals surface area (Å²) < 4.78 is 0. The van der Waals surface area contributed by atoms with Gasteiger partial charge in [0.25, 0.3) is 0 Å². The van der Waals surface area contributed by atoms with Crippen LogP contribution in [0.5, 0.6) is 0 Å². The molecule has 82 valence electrons. The molecule has 0 saturated heterocycles. The van der Waals surface area contributed by atoms with Crippen LogP contribution in [0.15, 0.2) is 35.1 Å². The van der Waals surface area contributed by atoms with Crippen LogP contribution in [0.4, 0.5) is 5.69 Å². The number of H-pyrrole nitrogens is 1. The summed E-state index contributed by atoms with van der Waals surface area (Å²) in [5.41, 5.74) is 8.57. The molecule has 2 aromatic rings. The molecule has 1 aromatic carbocycles. The van der Waals surface area contributed by atoms with Crippen LogP contribution in [-0.2, 0) is 0 Å². The summed E-state index contributed by atoms with van der Waals surface area (Å²) in [6.07, 6.45) is 0. The number of aryl methyl sites for hydroxylation is 1. The van der Waals surface area contributed by atoms with Crippen LogP contribution in [0.25, 0.3) is 11.1 Å². The number of anilines is 1. The number of nitrogen functional groups attached to an aromatic ring is 1. The molecule has 1 aromatic heterocycles. The van der Waals surface area contributed by atoms with Gasteiger partial charge in [-0.15, -0.1) is 0 Å². The van der Waals surface area contributed by atoms with Crippen molar-refractivity contribution in [2.75, 3.05) is 5.73 Å². The zero-order chi connectivity index (χ0) is 11.7. The van der Waals surface area contributed by atoms with Crippen LogP contribution in [-0.4, -0.2) is 4.98 Å². The molecule has 0 unspecified atom stereocenters. The van der Waals surface area contributed by atoms with Crippen LogP contribution in [0.3, 0.4) is 0 Å². The molecule has 1 heterocycles. The second kappa shape index (κ2) is 4.02. The van der Waals surface area contributed by atoms with E-state index >= 15 is 0 Å². The number of benzene rings is 1. The van der Waals surface area contributed by atoms with Gasteiger partial charge in [-0.2, -0.15) is 0 Å². The Bertz CT molecular complexity index is 590. The van der Waals surface area contributed by atoms with Gasteiger partial charge in [0.1, 0.15) is 0 Å². The van der Waals surface area contributed by atoms with E-state index in [0.29, 0.717) is 10.7 Å². The Labute approximate surface area is 97.9 Å². The second-order valence-corrected chi connectivity index (χ2v) is 4.06. The van der Waals surface area contributed by atoms with Crippen molar-refractivity contribution in [3.63, 3.8) is 0 Å². The Morgan fingerprint density at radius 2 is 1.94 bits per heavy atom. The van der Waals surface area contributed by atoms with Crippen LogP contribution < -0.4 is 11.3 Å². The second-order valence-electron chi connectivity index (χ2n) is 3.65. The van der Waals surface area contributed by atoms with Gasteiger partial charge in [0, 0.05) is 11.8 Å². The average Bonchev–Trinajstić information content (AvgIpc) is 2.20. The molecule has 0 radical (unpaired) electrons. The van der Waals surface area contributed by atoms with Gasteiger partial charge in [0.2, 0.25) is 5.56 Å². The van der Waals surface area contributed by atoms with E-state index in [1.165, 1.54) is 6.07 Å². The molecule has 0 bridgehead atoms.